The molecule has 1 aliphatic carbocycles. The number of hydrogen-bond acceptors (Lipinski definition) is 4. The first-order chi connectivity index (χ1) is 10.6. The molecular weight excluding hydrogens is 278 g/mol. The van der Waals surface area contributed by atoms with E-state index in [0.29, 0.717) is 25.0 Å². The Morgan fingerprint density at radius 2 is 2.18 bits per heavy atom. The molecule has 2 aliphatic rings. The van der Waals surface area contributed by atoms with Crippen molar-refractivity contribution in [1.82, 2.24) is 5.32 Å². The second-order valence-electron chi connectivity index (χ2n) is 6.21. The van der Waals surface area contributed by atoms with Crippen molar-refractivity contribution in [2.75, 3.05) is 6.61 Å². The molecule has 1 aliphatic heterocycles. The number of nitrogens with one attached hydrogen (secondary N) is 1. The lowest BCUT2D eigenvalue weighted by Crippen LogP contribution is -2.36. The summed E-state index contributed by atoms with van der Waals surface area (Å²) < 4.78 is 5.23. The van der Waals surface area contributed by atoms with Crippen LogP contribution in [0.5, 0.6) is 0 Å². The van der Waals surface area contributed by atoms with Gasteiger partial charge in [-0.2, -0.15) is 0 Å². The summed E-state index contributed by atoms with van der Waals surface area (Å²) in [5, 5.41) is 14.1. The molecule has 0 spiro atoms. The Morgan fingerprint density at radius 3 is 2.86 bits per heavy atom. The molecule has 0 radical (unpaired) electrons. The van der Waals surface area contributed by atoms with E-state index in [4.69, 9.17) is 4.74 Å². The zero-order valence-corrected chi connectivity index (χ0v) is 13.0. The van der Waals surface area contributed by atoms with Gasteiger partial charge in [0.2, 0.25) is 0 Å². The number of carbonyl (C=O) groups is 1. The lowest BCUT2D eigenvalue weighted by Gasteiger charge is -2.19. The zero-order chi connectivity index (χ0) is 15.6. The van der Waals surface area contributed by atoms with E-state index in [9.17, 15) is 9.90 Å². The van der Waals surface area contributed by atoms with Gasteiger partial charge in [0, 0.05) is 18.5 Å². The molecule has 1 heterocycles. The van der Waals surface area contributed by atoms with Crippen LogP contribution in [0.2, 0.25) is 0 Å². The summed E-state index contributed by atoms with van der Waals surface area (Å²) in [4.78, 5) is 12.4. The number of ether oxygens (including phenoxy) is 1. The van der Waals surface area contributed by atoms with Crippen LogP contribution in [0.3, 0.4) is 0 Å². The maximum Gasteiger partial charge on any atom is 0.336 e. The first kappa shape index (κ1) is 15.1. The van der Waals surface area contributed by atoms with Gasteiger partial charge in [-0.25, -0.2) is 4.79 Å². The highest BCUT2D eigenvalue weighted by molar-refractivity contribution is 5.90. The summed E-state index contributed by atoms with van der Waals surface area (Å²) in [6.07, 6.45) is 3.86. The van der Waals surface area contributed by atoms with Crippen molar-refractivity contribution in [2.45, 2.75) is 50.7 Å². The third-order valence-corrected chi connectivity index (χ3v) is 4.69. The normalized spacial score (nSPS) is 28.9. The van der Waals surface area contributed by atoms with Gasteiger partial charge in [-0.15, -0.1) is 0 Å². The van der Waals surface area contributed by atoms with Crippen molar-refractivity contribution in [3.63, 3.8) is 0 Å². The van der Waals surface area contributed by atoms with Crippen LogP contribution in [0.15, 0.2) is 41.6 Å². The molecule has 3 rings (SSSR count). The average Bonchev–Trinajstić information content (AvgIpc) is 3.00. The number of carbonyl (C=O) groups excluding carboxylic acids is 1. The molecule has 1 saturated heterocycles. The van der Waals surface area contributed by atoms with E-state index < -0.39 is 5.60 Å². The largest absolute Gasteiger partial charge is 0.463 e. The van der Waals surface area contributed by atoms with Crippen LogP contribution in [0, 0.1) is 0 Å². The van der Waals surface area contributed by atoms with Gasteiger partial charge >= 0.3 is 5.97 Å². The molecular formula is C18H23NO3. The topological polar surface area (TPSA) is 58.6 Å². The highest BCUT2D eigenvalue weighted by atomic mass is 16.5. The van der Waals surface area contributed by atoms with Gasteiger partial charge in [0.15, 0.2) is 0 Å². The second-order valence-corrected chi connectivity index (χ2v) is 6.21. The maximum atomic E-state index is 12.4. The van der Waals surface area contributed by atoms with Gasteiger partial charge in [-0.1, -0.05) is 30.3 Å². The summed E-state index contributed by atoms with van der Waals surface area (Å²) in [6, 6.07) is 9.97. The molecule has 22 heavy (non-hydrogen) atoms. The number of benzene rings is 1. The molecule has 4 nitrogen and oxygen atoms in total. The van der Waals surface area contributed by atoms with Crippen molar-refractivity contribution in [3.8, 4) is 0 Å². The minimum absolute atomic E-state index is 0.0719. The van der Waals surface area contributed by atoms with Crippen LogP contribution in [0.4, 0.5) is 0 Å². The highest BCUT2D eigenvalue weighted by Crippen LogP contribution is 2.41. The molecule has 2 unspecified atom stereocenters. The number of aliphatic hydroxyl groups is 1. The standard InChI is InChI=1S/C18H23NO3/c1-2-22-17(20)14(11-13-7-4-3-5-8-13)15-12-18(21)10-6-9-16(18)19-15/h3-5,7-8,16,19,21H,2,6,9-12H2,1H3/b15-14-. The smallest absolute Gasteiger partial charge is 0.336 e. The Bertz CT molecular complexity index is 581. The van der Waals surface area contributed by atoms with E-state index in [1.807, 2.05) is 37.3 Å². The second kappa shape index (κ2) is 6.13. The maximum absolute atomic E-state index is 12.4. The summed E-state index contributed by atoms with van der Waals surface area (Å²) in [5.74, 6) is -0.280. The number of esters is 1. The first-order valence-electron chi connectivity index (χ1n) is 8.04. The molecule has 2 fully saturated rings. The van der Waals surface area contributed by atoms with Crippen LogP contribution in [-0.2, 0) is 16.0 Å². The summed E-state index contributed by atoms with van der Waals surface area (Å²) in [6.45, 7) is 2.17. The highest BCUT2D eigenvalue weighted by Gasteiger charge is 2.47. The Morgan fingerprint density at radius 1 is 1.41 bits per heavy atom. The van der Waals surface area contributed by atoms with Crippen LogP contribution in [0.25, 0.3) is 0 Å². The Hall–Kier alpha value is -1.81. The molecule has 2 atom stereocenters. The Balaban J connectivity index is 1.88. The fourth-order valence-corrected chi connectivity index (χ4v) is 3.55. The van der Waals surface area contributed by atoms with Gasteiger partial charge in [0.1, 0.15) is 0 Å². The van der Waals surface area contributed by atoms with E-state index in [1.165, 1.54) is 0 Å². The number of hydrogen-bond donors (Lipinski definition) is 2. The van der Waals surface area contributed by atoms with Crippen molar-refractivity contribution in [2.24, 2.45) is 0 Å². The van der Waals surface area contributed by atoms with Crippen LogP contribution >= 0.6 is 0 Å². The third kappa shape index (κ3) is 2.88. The predicted octanol–water partition coefficient (Wildman–Crippen LogP) is 2.32. The van der Waals surface area contributed by atoms with E-state index in [0.717, 1.165) is 30.5 Å². The minimum atomic E-state index is -0.691. The first-order valence-corrected chi connectivity index (χ1v) is 8.04. The van der Waals surface area contributed by atoms with Crippen LogP contribution < -0.4 is 5.32 Å². The van der Waals surface area contributed by atoms with Crippen molar-refractivity contribution in [3.05, 3.63) is 47.2 Å². The average molecular weight is 301 g/mol. The van der Waals surface area contributed by atoms with Crippen molar-refractivity contribution >= 4 is 5.97 Å². The molecule has 1 aromatic rings. The molecule has 1 saturated carbocycles. The van der Waals surface area contributed by atoms with Gasteiger partial charge in [-0.3, -0.25) is 0 Å². The van der Waals surface area contributed by atoms with Gasteiger partial charge in [-0.05, 0) is 31.7 Å². The molecule has 0 amide bonds. The van der Waals surface area contributed by atoms with Crippen LogP contribution in [-0.4, -0.2) is 29.3 Å². The van der Waals surface area contributed by atoms with Gasteiger partial charge < -0.3 is 15.2 Å². The number of rotatable bonds is 4. The summed E-state index contributed by atoms with van der Waals surface area (Å²) in [7, 11) is 0. The fourth-order valence-electron chi connectivity index (χ4n) is 3.55. The van der Waals surface area contributed by atoms with Crippen molar-refractivity contribution < 1.29 is 14.6 Å². The molecule has 118 valence electrons. The zero-order valence-electron chi connectivity index (χ0n) is 13.0. The predicted molar refractivity (Wildman–Crippen MR) is 84.1 cm³/mol. The monoisotopic (exact) mass is 301 g/mol. The van der Waals surface area contributed by atoms with Gasteiger partial charge in [0.05, 0.1) is 23.8 Å². The van der Waals surface area contributed by atoms with E-state index in [2.05, 4.69) is 5.32 Å². The van der Waals surface area contributed by atoms with E-state index >= 15 is 0 Å². The quantitative estimate of drug-likeness (QED) is 0.662. The van der Waals surface area contributed by atoms with Crippen LogP contribution in [0.1, 0.15) is 38.2 Å². The Labute approximate surface area is 131 Å². The van der Waals surface area contributed by atoms with E-state index in [-0.39, 0.29) is 12.0 Å². The molecule has 2 N–H and O–H groups in total. The number of fused-ring (bicyclic) bond motifs is 1. The molecule has 0 bridgehead atoms. The van der Waals surface area contributed by atoms with E-state index in [1.54, 1.807) is 0 Å². The minimum Gasteiger partial charge on any atom is -0.463 e. The van der Waals surface area contributed by atoms with Gasteiger partial charge in [0.25, 0.3) is 0 Å². The van der Waals surface area contributed by atoms with Crippen molar-refractivity contribution in [1.29, 1.82) is 0 Å². The SMILES string of the molecule is CCOC(=O)/C(Cc1ccccc1)=C1/CC2(O)CCCC2N1. The summed E-state index contributed by atoms with van der Waals surface area (Å²) in [5.41, 5.74) is 1.89. The molecule has 1 aromatic carbocycles. The summed E-state index contributed by atoms with van der Waals surface area (Å²) >= 11 is 0. The fraction of sp³-hybridized carbons (Fsp3) is 0.500. The lowest BCUT2D eigenvalue weighted by atomic mass is 9.95. The Kier molecular flexibility index (Phi) is 4.21. The molecule has 0 aromatic heterocycles. The molecule has 4 heteroatoms. The lowest BCUT2D eigenvalue weighted by molar-refractivity contribution is -0.138. The third-order valence-electron chi connectivity index (χ3n) is 4.69.